The van der Waals surface area contributed by atoms with Crippen molar-refractivity contribution in [1.29, 1.82) is 0 Å². The summed E-state index contributed by atoms with van der Waals surface area (Å²) in [7, 11) is 0. The molecule has 1 aromatic rings. The van der Waals surface area contributed by atoms with Crippen LogP contribution in [0.15, 0.2) is 24.3 Å². The van der Waals surface area contributed by atoms with Crippen molar-refractivity contribution in [3.8, 4) is 0 Å². The van der Waals surface area contributed by atoms with Gasteiger partial charge in [0, 0.05) is 23.7 Å². The lowest BCUT2D eigenvalue weighted by Crippen LogP contribution is -2.39. The molecule has 0 aliphatic carbocycles. The van der Waals surface area contributed by atoms with Crippen LogP contribution in [0.4, 0.5) is 0 Å². The Balaban J connectivity index is 1.91. The Labute approximate surface area is 108 Å². The lowest BCUT2D eigenvalue weighted by molar-refractivity contribution is 0.0116. The fourth-order valence-electron chi connectivity index (χ4n) is 2.35. The van der Waals surface area contributed by atoms with Crippen LogP contribution < -0.4 is 5.32 Å². The summed E-state index contributed by atoms with van der Waals surface area (Å²) in [4.78, 5) is 0. The van der Waals surface area contributed by atoms with E-state index in [2.05, 4.69) is 31.3 Å². The minimum atomic E-state index is 0.363. The monoisotopic (exact) mass is 253 g/mol. The van der Waals surface area contributed by atoms with Gasteiger partial charge in [-0.2, -0.15) is 0 Å². The van der Waals surface area contributed by atoms with Gasteiger partial charge in [-0.3, -0.25) is 0 Å². The first-order valence-corrected chi connectivity index (χ1v) is 6.66. The van der Waals surface area contributed by atoms with Crippen molar-refractivity contribution in [2.45, 2.75) is 44.9 Å². The van der Waals surface area contributed by atoms with Crippen molar-refractivity contribution in [2.24, 2.45) is 0 Å². The maximum absolute atomic E-state index is 5.89. The Morgan fingerprint density at radius 3 is 2.71 bits per heavy atom. The predicted molar refractivity (Wildman–Crippen MR) is 71.4 cm³/mol. The zero-order valence-corrected chi connectivity index (χ0v) is 11.2. The van der Waals surface area contributed by atoms with E-state index in [1.54, 1.807) is 0 Å². The van der Waals surface area contributed by atoms with E-state index in [1.165, 1.54) is 5.56 Å². The molecule has 3 unspecified atom stereocenters. The maximum Gasteiger partial charge on any atom is 0.0561 e. The van der Waals surface area contributed by atoms with Crippen molar-refractivity contribution < 1.29 is 4.74 Å². The van der Waals surface area contributed by atoms with Crippen molar-refractivity contribution in [1.82, 2.24) is 5.32 Å². The number of rotatable bonds is 3. The number of halogens is 1. The standard InChI is InChI=1S/C14H20ClNO/c1-10-9-14(7-8-17-10)16-11(2)12-3-5-13(15)6-4-12/h3-6,10-11,14,16H,7-9H2,1-2H3. The molecular weight excluding hydrogens is 234 g/mol. The Hall–Kier alpha value is -0.570. The fourth-order valence-corrected chi connectivity index (χ4v) is 2.48. The van der Waals surface area contributed by atoms with Gasteiger partial charge in [-0.15, -0.1) is 0 Å². The summed E-state index contributed by atoms with van der Waals surface area (Å²) >= 11 is 5.89. The zero-order chi connectivity index (χ0) is 12.3. The van der Waals surface area contributed by atoms with Gasteiger partial charge in [0.1, 0.15) is 0 Å². The molecule has 0 radical (unpaired) electrons. The Morgan fingerprint density at radius 2 is 2.06 bits per heavy atom. The van der Waals surface area contributed by atoms with Crippen molar-refractivity contribution in [2.75, 3.05) is 6.61 Å². The molecule has 0 bridgehead atoms. The molecule has 0 spiro atoms. The van der Waals surface area contributed by atoms with Crippen LogP contribution in [0.25, 0.3) is 0 Å². The molecule has 2 rings (SSSR count). The third-order valence-corrected chi connectivity index (χ3v) is 3.59. The van der Waals surface area contributed by atoms with Gasteiger partial charge in [-0.05, 0) is 44.4 Å². The largest absolute Gasteiger partial charge is 0.378 e. The third-order valence-electron chi connectivity index (χ3n) is 3.34. The highest BCUT2D eigenvalue weighted by molar-refractivity contribution is 6.30. The summed E-state index contributed by atoms with van der Waals surface area (Å²) in [5.41, 5.74) is 1.29. The summed E-state index contributed by atoms with van der Waals surface area (Å²) < 4.78 is 5.55. The highest BCUT2D eigenvalue weighted by Gasteiger charge is 2.20. The molecule has 1 aliphatic heterocycles. The summed E-state index contributed by atoms with van der Waals surface area (Å²) in [6, 6.07) is 8.99. The van der Waals surface area contributed by atoms with Crippen LogP contribution in [0, 0.1) is 0 Å². The molecule has 3 heteroatoms. The number of nitrogens with one attached hydrogen (secondary N) is 1. The van der Waals surface area contributed by atoms with Gasteiger partial charge < -0.3 is 10.1 Å². The molecule has 0 aromatic heterocycles. The Bertz CT molecular complexity index is 352. The summed E-state index contributed by atoms with van der Waals surface area (Å²) in [6.45, 7) is 5.20. The first kappa shape index (κ1) is 12.9. The summed E-state index contributed by atoms with van der Waals surface area (Å²) in [6.07, 6.45) is 2.57. The minimum absolute atomic E-state index is 0.363. The highest BCUT2D eigenvalue weighted by Crippen LogP contribution is 2.20. The lowest BCUT2D eigenvalue weighted by Gasteiger charge is -2.30. The molecule has 3 atom stereocenters. The predicted octanol–water partition coefficient (Wildman–Crippen LogP) is 3.56. The molecule has 17 heavy (non-hydrogen) atoms. The average molecular weight is 254 g/mol. The van der Waals surface area contributed by atoms with E-state index in [0.29, 0.717) is 18.2 Å². The van der Waals surface area contributed by atoms with E-state index in [0.717, 1.165) is 24.5 Å². The number of hydrogen-bond acceptors (Lipinski definition) is 2. The van der Waals surface area contributed by atoms with Crippen LogP contribution in [-0.4, -0.2) is 18.8 Å². The Morgan fingerprint density at radius 1 is 1.35 bits per heavy atom. The molecule has 1 fully saturated rings. The van der Waals surface area contributed by atoms with Crippen LogP contribution >= 0.6 is 11.6 Å². The maximum atomic E-state index is 5.89. The topological polar surface area (TPSA) is 21.3 Å². The second-order valence-electron chi connectivity index (χ2n) is 4.84. The molecule has 94 valence electrons. The van der Waals surface area contributed by atoms with E-state index >= 15 is 0 Å². The molecule has 2 nitrogen and oxygen atoms in total. The summed E-state index contributed by atoms with van der Waals surface area (Å²) in [5.74, 6) is 0. The van der Waals surface area contributed by atoms with Gasteiger partial charge in [-0.1, -0.05) is 23.7 Å². The van der Waals surface area contributed by atoms with E-state index in [1.807, 2.05) is 12.1 Å². The zero-order valence-electron chi connectivity index (χ0n) is 10.4. The second kappa shape index (κ2) is 5.85. The van der Waals surface area contributed by atoms with Gasteiger partial charge in [0.2, 0.25) is 0 Å². The number of benzene rings is 1. The van der Waals surface area contributed by atoms with Crippen LogP contribution in [0.5, 0.6) is 0 Å². The molecule has 0 amide bonds. The van der Waals surface area contributed by atoms with Gasteiger partial charge in [-0.25, -0.2) is 0 Å². The average Bonchev–Trinajstić information content (AvgIpc) is 2.29. The first-order chi connectivity index (χ1) is 8.15. The van der Waals surface area contributed by atoms with Crippen molar-refractivity contribution >= 4 is 11.6 Å². The second-order valence-corrected chi connectivity index (χ2v) is 5.28. The molecule has 1 aliphatic rings. The van der Waals surface area contributed by atoms with E-state index in [4.69, 9.17) is 16.3 Å². The van der Waals surface area contributed by atoms with Gasteiger partial charge in [0.05, 0.1) is 6.10 Å². The molecule has 1 N–H and O–H groups in total. The Kier molecular flexibility index (Phi) is 4.43. The molecule has 0 saturated carbocycles. The minimum Gasteiger partial charge on any atom is -0.378 e. The van der Waals surface area contributed by atoms with Crippen LogP contribution in [0.1, 0.15) is 38.3 Å². The molecular formula is C14H20ClNO. The van der Waals surface area contributed by atoms with Gasteiger partial charge >= 0.3 is 0 Å². The number of hydrogen-bond donors (Lipinski definition) is 1. The van der Waals surface area contributed by atoms with Crippen LogP contribution in [0.3, 0.4) is 0 Å². The summed E-state index contributed by atoms with van der Waals surface area (Å²) in [5, 5.41) is 4.45. The van der Waals surface area contributed by atoms with Crippen LogP contribution in [-0.2, 0) is 4.74 Å². The van der Waals surface area contributed by atoms with Crippen LogP contribution in [0.2, 0.25) is 5.02 Å². The van der Waals surface area contributed by atoms with E-state index in [-0.39, 0.29) is 0 Å². The van der Waals surface area contributed by atoms with E-state index in [9.17, 15) is 0 Å². The first-order valence-electron chi connectivity index (χ1n) is 6.28. The molecule has 1 heterocycles. The molecule has 1 saturated heterocycles. The van der Waals surface area contributed by atoms with E-state index < -0.39 is 0 Å². The number of ether oxygens (including phenoxy) is 1. The van der Waals surface area contributed by atoms with Gasteiger partial charge in [0.25, 0.3) is 0 Å². The highest BCUT2D eigenvalue weighted by atomic mass is 35.5. The quantitative estimate of drug-likeness (QED) is 0.890. The smallest absolute Gasteiger partial charge is 0.0561 e. The van der Waals surface area contributed by atoms with Gasteiger partial charge in [0.15, 0.2) is 0 Å². The fraction of sp³-hybridized carbons (Fsp3) is 0.571. The normalized spacial score (nSPS) is 26.8. The SMILES string of the molecule is CC1CC(NC(C)c2ccc(Cl)cc2)CCO1. The third kappa shape index (κ3) is 3.70. The van der Waals surface area contributed by atoms with Crippen molar-refractivity contribution in [3.05, 3.63) is 34.9 Å². The molecule has 1 aromatic carbocycles. The van der Waals surface area contributed by atoms with Crippen molar-refractivity contribution in [3.63, 3.8) is 0 Å². The lowest BCUT2D eigenvalue weighted by atomic mass is 10.0.